The van der Waals surface area contributed by atoms with Gasteiger partial charge in [-0.2, -0.15) is 0 Å². The second-order valence-corrected chi connectivity index (χ2v) is 6.23. The lowest BCUT2D eigenvalue weighted by Gasteiger charge is -2.29. The second-order valence-electron chi connectivity index (χ2n) is 5.80. The molecule has 0 aliphatic heterocycles. The summed E-state index contributed by atoms with van der Waals surface area (Å²) in [4.78, 5) is 4.06. The maximum atomic E-state index is 11.4. The molecule has 0 aliphatic carbocycles. The van der Waals surface area contributed by atoms with E-state index in [1.807, 2.05) is 59.3 Å². The molecule has 1 atom stereocenters. The van der Waals surface area contributed by atoms with Crippen LogP contribution in [-0.4, -0.2) is 21.8 Å². The van der Waals surface area contributed by atoms with Gasteiger partial charge in [-0.3, -0.25) is 0 Å². The Morgan fingerprint density at radius 2 is 1.83 bits per heavy atom. The van der Waals surface area contributed by atoms with E-state index in [9.17, 15) is 5.11 Å². The number of halogens is 1. The quantitative estimate of drug-likeness (QED) is 0.743. The van der Waals surface area contributed by atoms with Crippen LogP contribution in [0.2, 0.25) is 5.02 Å². The van der Waals surface area contributed by atoms with Crippen molar-refractivity contribution in [3.63, 3.8) is 0 Å². The lowest BCUT2D eigenvalue weighted by Crippen LogP contribution is -2.33. The van der Waals surface area contributed by atoms with Crippen LogP contribution in [-0.2, 0) is 18.6 Å². The Labute approximate surface area is 146 Å². The topological polar surface area (TPSA) is 47.3 Å². The van der Waals surface area contributed by atoms with Crippen LogP contribution in [0.15, 0.2) is 67.3 Å². The average molecular weight is 343 g/mol. The highest BCUT2D eigenvalue weighted by Gasteiger charge is 2.30. The molecule has 0 radical (unpaired) electrons. The van der Waals surface area contributed by atoms with E-state index in [1.165, 1.54) is 0 Å². The minimum absolute atomic E-state index is 0.405. The maximum Gasteiger partial charge on any atom is 0.118 e. The molecule has 5 heteroatoms. The van der Waals surface area contributed by atoms with Gasteiger partial charge in [0.1, 0.15) is 11.4 Å². The van der Waals surface area contributed by atoms with Gasteiger partial charge >= 0.3 is 0 Å². The van der Waals surface area contributed by atoms with Gasteiger partial charge in [-0.1, -0.05) is 35.9 Å². The van der Waals surface area contributed by atoms with Gasteiger partial charge in [-0.15, -0.1) is 0 Å². The van der Waals surface area contributed by atoms with E-state index < -0.39 is 5.60 Å². The van der Waals surface area contributed by atoms with Crippen LogP contribution < -0.4 is 4.74 Å². The number of aromatic nitrogens is 2. The molecule has 0 spiro atoms. The predicted molar refractivity (Wildman–Crippen MR) is 94.3 cm³/mol. The normalized spacial score (nSPS) is 13.5. The largest absolute Gasteiger partial charge is 0.497 e. The van der Waals surface area contributed by atoms with E-state index in [0.717, 1.165) is 16.9 Å². The maximum absolute atomic E-state index is 11.4. The molecule has 0 aliphatic rings. The van der Waals surface area contributed by atoms with Crippen molar-refractivity contribution in [2.24, 2.45) is 0 Å². The predicted octanol–water partition coefficient (Wildman–Crippen LogP) is 3.68. The summed E-state index contributed by atoms with van der Waals surface area (Å²) in [5.74, 6) is 0.759. The third-order valence-corrected chi connectivity index (χ3v) is 4.29. The van der Waals surface area contributed by atoms with Gasteiger partial charge in [-0.05, 0) is 35.4 Å². The summed E-state index contributed by atoms with van der Waals surface area (Å²) in [5, 5.41) is 12.1. The number of aliphatic hydroxyl groups is 1. The zero-order chi connectivity index (χ0) is 17.0. The van der Waals surface area contributed by atoms with Crippen molar-refractivity contribution >= 4 is 11.6 Å². The van der Waals surface area contributed by atoms with Crippen molar-refractivity contribution in [2.45, 2.75) is 18.6 Å². The first-order valence-corrected chi connectivity index (χ1v) is 8.04. The number of rotatable bonds is 6. The highest BCUT2D eigenvalue weighted by atomic mass is 35.5. The molecular formula is C19H19ClN2O2. The zero-order valence-electron chi connectivity index (χ0n) is 13.4. The van der Waals surface area contributed by atoms with Gasteiger partial charge in [0.15, 0.2) is 0 Å². The van der Waals surface area contributed by atoms with Crippen molar-refractivity contribution in [1.82, 2.24) is 9.55 Å². The van der Waals surface area contributed by atoms with E-state index in [-0.39, 0.29) is 0 Å². The molecule has 4 nitrogen and oxygen atoms in total. The molecular weight excluding hydrogens is 324 g/mol. The summed E-state index contributed by atoms with van der Waals surface area (Å²) in [6.45, 7) is 0.405. The van der Waals surface area contributed by atoms with Crippen molar-refractivity contribution in [1.29, 1.82) is 0 Å². The molecule has 3 aromatic rings. The Morgan fingerprint density at radius 3 is 2.42 bits per heavy atom. The van der Waals surface area contributed by atoms with E-state index >= 15 is 0 Å². The van der Waals surface area contributed by atoms with Gasteiger partial charge in [0.2, 0.25) is 0 Å². The number of benzene rings is 2. The van der Waals surface area contributed by atoms with Gasteiger partial charge in [0, 0.05) is 23.8 Å². The Bertz CT molecular complexity index is 770. The van der Waals surface area contributed by atoms with Gasteiger partial charge < -0.3 is 14.4 Å². The molecule has 0 amide bonds. The van der Waals surface area contributed by atoms with Crippen molar-refractivity contribution < 1.29 is 9.84 Å². The number of imidazole rings is 1. The molecule has 1 N–H and O–H groups in total. The fourth-order valence-electron chi connectivity index (χ4n) is 2.77. The summed E-state index contributed by atoms with van der Waals surface area (Å²) in [6.07, 6.45) is 5.72. The number of ether oxygens (including phenoxy) is 1. The molecule has 124 valence electrons. The van der Waals surface area contributed by atoms with Gasteiger partial charge in [-0.25, -0.2) is 4.98 Å². The van der Waals surface area contributed by atoms with Crippen molar-refractivity contribution in [3.8, 4) is 5.75 Å². The molecule has 2 aromatic carbocycles. The molecule has 1 unspecified atom stereocenters. The summed E-state index contributed by atoms with van der Waals surface area (Å²) >= 11 is 5.96. The number of methoxy groups -OCH3 is 1. The van der Waals surface area contributed by atoms with E-state index in [1.54, 1.807) is 19.6 Å². The van der Waals surface area contributed by atoms with Crippen LogP contribution in [0.4, 0.5) is 0 Å². The zero-order valence-corrected chi connectivity index (χ0v) is 14.1. The summed E-state index contributed by atoms with van der Waals surface area (Å²) in [6, 6.07) is 15.0. The Hall–Kier alpha value is -2.30. The third kappa shape index (κ3) is 3.78. The average Bonchev–Trinajstić information content (AvgIpc) is 3.10. The highest BCUT2D eigenvalue weighted by molar-refractivity contribution is 6.30. The smallest absolute Gasteiger partial charge is 0.118 e. The standard InChI is InChI=1S/C19H19ClN2O2/c1-24-18-8-4-16(5-9-18)19(23,13-22-11-10-21-14-22)12-15-2-6-17(20)7-3-15/h2-11,14,23H,12-13H2,1H3. The fraction of sp³-hybridized carbons (Fsp3) is 0.211. The lowest BCUT2D eigenvalue weighted by molar-refractivity contribution is 0.0185. The molecule has 0 saturated carbocycles. The Kier molecular flexibility index (Phi) is 4.88. The summed E-state index contributed by atoms with van der Waals surface area (Å²) in [7, 11) is 1.63. The third-order valence-electron chi connectivity index (χ3n) is 4.04. The lowest BCUT2D eigenvalue weighted by atomic mass is 9.87. The number of nitrogens with zero attached hydrogens (tertiary/aromatic N) is 2. The molecule has 0 saturated heterocycles. The van der Waals surface area contributed by atoms with Gasteiger partial charge in [0.25, 0.3) is 0 Å². The monoisotopic (exact) mass is 342 g/mol. The van der Waals surface area contributed by atoms with Crippen LogP contribution in [0.5, 0.6) is 5.75 Å². The first-order valence-electron chi connectivity index (χ1n) is 7.66. The molecule has 24 heavy (non-hydrogen) atoms. The molecule has 0 bridgehead atoms. The SMILES string of the molecule is COc1ccc(C(O)(Cc2ccc(Cl)cc2)Cn2ccnc2)cc1. The van der Waals surface area contributed by atoms with E-state index in [4.69, 9.17) is 16.3 Å². The first-order chi connectivity index (χ1) is 11.6. The highest BCUT2D eigenvalue weighted by Crippen LogP contribution is 2.30. The Balaban J connectivity index is 1.93. The summed E-state index contributed by atoms with van der Waals surface area (Å²) in [5.41, 5.74) is 0.769. The second kappa shape index (κ2) is 7.07. The Morgan fingerprint density at radius 1 is 1.12 bits per heavy atom. The molecule has 1 heterocycles. The van der Waals surface area contributed by atoms with Crippen LogP contribution in [0.1, 0.15) is 11.1 Å². The molecule has 1 aromatic heterocycles. The molecule has 3 rings (SSSR count). The van der Waals surface area contributed by atoms with Gasteiger partial charge in [0.05, 0.1) is 20.0 Å². The minimum atomic E-state index is -1.07. The van der Waals surface area contributed by atoms with Crippen LogP contribution in [0.3, 0.4) is 0 Å². The van der Waals surface area contributed by atoms with Crippen LogP contribution >= 0.6 is 11.6 Å². The summed E-state index contributed by atoms with van der Waals surface area (Å²) < 4.78 is 7.08. The first kappa shape index (κ1) is 16.6. The molecule has 0 fully saturated rings. The van der Waals surface area contributed by atoms with E-state index in [2.05, 4.69) is 4.98 Å². The van der Waals surface area contributed by atoms with Crippen LogP contribution in [0, 0.1) is 0 Å². The fourth-order valence-corrected chi connectivity index (χ4v) is 2.90. The van der Waals surface area contributed by atoms with E-state index in [0.29, 0.717) is 18.0 Å². The van der Waals surface area contributed by atoms with Crippen molar-refractivity contribution in [3.05, 3.63) is 83.4 Å². The van der Waals surface area contributed by atoms with Crippen molar-refractivity contribution in [2.75, 3.05) is 7.11 Å². The van der Waals surface area contributed by atoms with Crippen LogP contribution in [0.25, 0.3) is 0 Å². The number of hydrogen-bond donors (Lipinski definition) is 1. The minimum Gasteiger partial charge on any atom is -0.497 e. The number of hydrogen-bond acceptors (Lipinski definition) is 3.